The van der Waals surface area contributed by atoms with Gasteiger partial charge in [-0.1, -0.05) is 0 Å². The summed E-state index contributed by atoms with van der Waals surface area (Å²) in [5.74, 6) is -0.424. The number of carbonyl (C=O) groups excluding carboxylic acids is 3. The summed E-state index contributed by atoms with van der Waals surface area (Å²) in [6, 6.07) is 3.11. The minimum absolute atomic E-state index is 0.0154. The van der Waals surface area contributed by atoms with Gasteiger partial charge in [-0.05, 0) is 26.2 Å². The van der Waals surface area contributed by atoms with Crippen molar-refractivity contribution in [2.24, 2.45) is 0 Å². The van der Waals surface area contributed by atoms with Crippen molar-refractivity contribution in [1.29, 1.82) is 0 Å². The molecule has 0 bridgehead atoms. The van der Waals surface area contributed by atoms with E-state index in [2.05, 4.69) is 10.3 Å². The molecule has 0 aliphatic carbocycles. The van der Waals surface area contributed by atoms with Gasteiger partial charge in [-0.3, -0.25) is 19.4 Å². The molecule has 1 saturated heterocycles. The highest BCUT2D eigenvalue weighted by Crippen LogP contribution is 2.09. The number of rotatable bonds is 5. The maximum Gasteiger partial charge on any atom is 0.272 e. The van der Waals surface area contributed by atoms with Crippen LogP contribution < -0.4 is 5.32 Å². The van der Waals surface area contributed by atoms with Crippen LogP contribution in [0.15, 0.2) is 18.3 Å². The average Bonchev–Trinajstić information content (AvgIpc) is 2.61. The van der Waals surface area contributed by atoms with Crippen molar-refractivity contribution in [2.45, 2.75) is 6.92 Å². The van der Waals surface area contributed by atoms with Crippen molar-refractivity contribution < 1.29 is 14.4 Å². The normalized spacial score (nSPS) is 14.6. The highest BCUT2D eigenvalue weighted by atomic mass is 16.2. The van der Waals surface area contributed by atoms with Crippen LogP contribution in [0.2, 0.25) is 0 Å². The summed E-state index contributed by atoms with van der Waals surface area (Å²) < 4.78 is 0. The van der Waals surface area contributed by atoms with Crippen LogP contribution in [0.1, 0.15) is 27.8 Å². The molecule has 0 saturated carbocycles. The molecule has 1 aliphatic heterocycles. The van der Waals surface area contributed by atoms with Gasteiger partial charge in [0.2, 0.25) is 5.91 Å². The molecule has 25 heavy (non-hydrogen) atoms. The highest BCUT2D eigenvalue weighted by molar-refractivity contribution is 5.98. The molecular weight excluding hydrogens is 322 g/mol. The third kappa shape index (κ3) is 5.25. The molecular formula is C17H25N5O3. The van der Waals surface area contributed by atoms with Crippen LogP contribution in [0.4, 0.5) is 0 Å². The highest BCUT2D eigenvalue weighted by Gasteiger charge is 2.24. The second-order valence-electron chi connectivity index (χ2n) is 6.29. The van der Waals surface area contributed by atoms with Gasteiger partial charge in [-0.2, -0.15) is 0 Å². The van der Waals surface area contributed by atoms with E-state index in [4.69, 9.17) is 0 Å². The number of hydrogen-bond donors (Lipinski definition) is 1. The zero-order valence-electron chi connectivity index (χ0n) is 15.0. The van der Waals surface area contributed by atoms with E-state index in [-0.39, 0.29) is 23.4 Å². The lowest BCUT2D eigenvalue weighted by Gasteiger charge is -2.34. The molecule has 0 unspecified atom stereocenters. The van der Waals surface area contributed by atoms with Crippen molar-refractivity contribution in [3.05, 3.63) is 29.6 Å². The van der Waals surface area contributed by atoms with Gasteiger partial charge in [0, 0.05) is 58.0 Å². The SMILES string of the molecule is CC(=O)N1CCN(C(=O)c2cc(C(=O)NCCN(C)C)ccn2)CC1. The van der Waals surface area contributed by atoms with Crippen molar-refractivity contribution in [2.75, 3.05) is 53.4 Å². The molecule has 136 valence electrons. The molecule has 2 heterocycles. The summed E-state index contributed by atoms with van der Waals surface area (Å²) in [5.41, 5.74) is 0.663. The van der Waals surface area contributed by atoms with Crippen LogP contribution in [-0.2, 0) is 4.79 Å². The molecule has 0 radical (unpaired) electrons. The van der Waals surface area contributed by atoms with Crippen LogP contribution in [-0.4, -0.2) is 90.8 Å². The van der Waals surface area contributed by atoms with Crippen molar-refractivity contribution in [1.82, 2.24) is 25.0 Å². The molecule has 1 aliphatic rings. The van der Waals surface area contributed by atoms with Crippen molar-refractivity contribution in [3.8, 4) is 0 Å². The van der Waals surface area contributed by atoms with Crippen LogP contribution in [0.5, 0.6) is 0 Å². The summed E-state index contributed by atoms with van der Waals surface area (Å²) in [6.45, 7) is 4.78. The fraction of sp³-hybridized carbons (Fsp3) is 0.529. The van der Waals surface area contributed by atoms with E-state index in [0.29, 0.717) is 38.3 Å². The van der Waals surface area contributed by atoms with E-state index >= 15 is 0 Å². The summed E-state index contributed by atoms with van der Waals surface area (Å²) >= 11 is 0. The maximum atomic E-state index is 12.6. The Morgan fingerprint density at radius 1 is 1.16 bits per heavy atom. The van der Waals surface area contributed by atoms with Gasteiger partial charge >= 0.3 is 0 Å². The molecule has 0 spiro atoms. The first-order valence-corrected chi connectivity index (χ1v) is 8.32. The van der Waals surface area contributed by atoms with E-state index in [1.54, 1.807) is 15.9 Å². The van der Waals surface area contributed by atoms with Gasteiger partial charge in [0.15, 0.2) is 0 Å². The Kier molecular flexibility index (Phi) is 6.46. The molecule has 1 N–H and O–H groups in total. The first-order valence-electron chi connectivity index (χ1n) is 8.32. The number of nitrogens with zero attached hydrogens (tertiary/aromatic N) is 4. The third-order valence-corrected chi connectivity index (χ3v) is 4.10. The zero-order chi connectivity index (χ0) is 18.4. The molecule has 0 atom stereocenters. The van der Waals surface area contributed by atoms with Crippen LogP contribution >= 0.6 is 0 Å². The lowest BCUT2D eigenvalue weighted by atomic mass is 10.2. The summed E-state index contributed by atoms with van der Waals surface area (Å²) in [5, 5.41) is 2.82. The van der Waals surface area contributed by atoms with Gasteiger partial charge in [0.1, 0.15) is 5.69 Å². The topological polar surface area (TPSA) is 85.8 Å². The van der Waals surface area contributed by atoms with Gasteiger partial charge in [-0.15, -0.1) is 0 Å². The number of amides is 3. The number of likely N-dealkylation sites (N-methyl/N-ethyl adjacent to an activating group) is 1. The average molecular weight is 347 g/mol. The predicted octanol–water partition coefficient (Wildman–Crippen LogP) is -0.323. The number of aromatic nitrogens is 1. The van der Waals surface area contributed by atoms with E-state index in [1.807, 2.05) is 19.0 Å². The fourth-order valence-electron chi connectivity index (χ4n) is 2.57. The molecule has 1 aromatic heterocycles. The Bertz CT molecular complexity index is 639. The molecule has 3 amide bonds. The van der Waals surface area contributed by atoms with Crippen molar-refractivity contribution in [3.63, 3.8) is 0 Å². The van der Waals surface area contributed by atoms with Gasteiger partial charge in [-0.25, -0.2) is 0 Å². The molecule has 1 aromatic rings. The Labute approximate surface area is 147 Å². The summed E-state index contributed by atoms with van der Waals surface area (Å²) in [4.78, 5) is 45.6. The Balaban J connectivity index is 1.97. The fourth-order valence-corrected chi connectivity index (χ4v) is 2.57. The second-order valence-corrected chi connectivity index (χ2v) is 6.29. The smallest absolute Gasteiger partial charge is 0.272 e. The Hall–Kier alpha value is -2.48. The predicted molar refractivity (Wildman–Crippen MR) is 93.3 cm³/mol. The van der Waals surface area contributed by atoms with Crippen molar-refractivity contribution >= 4 is 17.7 Å². The van der Waals surface area contributed by atoms with E-state index < -0.39 is 0 Å². The van der Waals surface area contributed by atoms with Gasteiger partial charge < -0.3 is 20.0 Å². The number of hydrogen-bond acceptors (Lipinski definition) is 5. The maximum absolute atomic E-state index is 12.6. The Morgan fingerprint density at radius 2 is 1.80 bits per heavy atom. The summed E-state index contributed by atoms with van der Waals surface area (Å²) in [7, 11) is 3.86. The lowest BCUT2D eigenvalue weighted by Crippen LogP contribution is -2.50. The Morgan fingerprint density at radius 3 is 2.40 bits per heavy atom. The standard InChI is InChI=1S/C17H25N5O3/c1-13(23)21-8-10-22(11-9-21)17(25)15-12-14(4-5-18-15)16(24)19-6-7-20(2)3/h4-5,12H,6-11H2,1-3H3,(H,19,24). The minimum atomic E-state index is -0.223. The van der Waals surface area contributed by atoms with E-state index in [0.717, 1.165) is 6.54 Å². The molecule has 8 heteroatoms. The third-order valence-electron chi connectivity index (χ3n) is 4.10. The molecule has 2 rings (SSSR count). The molecule has 1 fully saturated rings. The number of pyridine rings is 1. The number of piperazine rings is 1. The van der Waals surface area contributed by atoms with E-state index in [1.165, 1.54) is 19.2 Å². The van der Waals surface area contributed by atoms with Crippen LogP contribution in [0.3, 0.4) is 0 Å². The summed E-state index contributed by atoms with van der Waals surface area (Å²) in [6.07, 6.45) is 1.47. The number of nitrogens with one attached hydrogen (secondary N) is 1. The number of carbonyl (C=O) groups is 3. The first-order chi connectivity index (χ1) is 11.9. The second kappa shape index (κ2) is 8.57. The van der Waals surface area contributed by atoms with Gasteiger partial charge in [0.25, 0.3) is 11.8 Å². The van der Waals surface area contributed by atoms with Gasteiger partial charge in [0.05, 0.1) is 0 Å². The lowest BCUT2D eigenvalue weighted by molar-refractivity contribution is -0.130. The molecule has 8 nitrogen and oxygen atoms in total. The monoisotopic (exact) mass is 347 g/mol. The van der Waals surface area contributed by atoms with Crippen LogP contribution in [0, 0.1) is 0 Å². The quantitative estimate of drug-likeness (QED) is 0.789. The van der Waals surface area contributed by atoms with Crippen LogP contribution in [0.25, 0.3) is 0 Å². The molecule has 0 aromatic carbocycles. The zero-order valence-corrected chi connectivity index (χ0v) is 15.0. The van der Waals surface area contributed by atoms with E-state index in [9.17, 15) is 14.4 Å². The minimum Gasteiger partial charge on any atom is -0.351 e. The first kappa shape index (κ1) is 18.9. The largest absolute Gasteiger partial charge is 0.351 e.